The predicted molar refractivity (Wildman–Crippen MR) is 139 cm³/mol. The van der Waals surface area contributed by atoms with Crippen LogP contribution in [0.2, 0.25) is 5.15 Å². The van der Waals surface area contributed by atoms with Crippen LogP contribution < -0.4 is 10.2 Å². The summed E-state index contributed by atoms with van der Waals surface area (Å²) >= 11 is 6.13. The van der Waals surface area contributed by atoms with Crippen LogP contribution in [0.5, 0.6) is 0 Å². The molecule has 0 radical (unpaired) electrons. The van der Waals surface area contributed by atoms with Gasteiger partial charge in [0.05, 0.1) is 42.6 Å². The number of benzene rings is 1. The monoisotopic (exact) mass is 494 g/mol. The number of carbonyl (C=O) groups is 1. The minimum atomic E-state index is -0.107. The number of nitrogens with zero attached hydrogens (tertiary/aromatic N) is 5. The van der Waals surface area contributed by atoms with Crippen molar-refractivity contribution in [1.82, 2.24) is 10.3 Å². The number of fused-ring (bicyclic) bond motifs is 1. The van der Waals surface area contributed by atoms with Crippen LogP contribution in [0.15, 0.2) is 40.4 Å². The van der Waals surface area contributed by atoms with Crippen molar-refractivity contribution < 1.29 is 9.53 Å². The molecule has 0 spiro atoms. The standard InChI is InChI=1S/C24H25ClN6O2.C2H6/c1-3-20(30-24(27-2)29-19-13-33-14-19)17-9-15-6-8-31(22(15)18(10-17)12-26)21(32)11-16-5-4-7-28-23(16)25;1-2/h4-5,7,9-10,19H,3,6,8,11,13-14H2,1-2H3,(H,27,29);1-2H3/b30-20+;. The van der Waals surface area contributed by atoms with E-state index in [2.05, 4.69) is 21.4 Å². The number of hydrogen-bond donors (Lipinski definition) is 1. The summed E-state index contributed by atoms with van der Waals surface area (Å²) in [5.74, 6) is 0.439. The first kappa shape index (κ1) is 26.3. The van der Waals surface area contributed by atoms with E-state index >= 15 is 0 Å². The van der Waals surface area contributed by atoms with Gasteiger partial charge in [-0.15, -0.1) is 0 Å². The molecule has 1 fully saturated rings. The quantitative estimate of drug-likeness (QED) is 0.385. The van der Waals surface area contributed by atoms with Gasteiger partial charge >= 0.3 is 0 Å². The molecule has 1 amide bonds. The van der Waals surface area contributed by atoms with E-state index in [0.29, 0.717) is 60.5 Å². The van der Waals surface area contributed by atoms with E-state index in [0.717, 1.165) is 16.8 Å². The third-order valence-electron chi connectivity index (χ3n) is 5.76. The van der Waals surface area contributed by atoms with Gasteiger partial charge in [0, 0.05) is 19.8 Å². The van der Waals surface area contributed by atoms with Crippen molar-refractivity contribution in [3.8, 4) is 6.07 Å². The number of aliphatic imine (C=N–C) groups is 2. The summed E-state index contributed by atoms with van der Waals surface area (Å²) in [5, 5.41) is 13.5. The number of aromatic nitrogens is 1. The van der Waals surface area contributed by atoms with Crippen LogP contribution in [0.3, 0.4) is 0 Å². The van der Waals surface area contributed by atoms with E-state index in [9.17, 15) is 10.1 Å². The number of rotatable bonds is 5. The van der Waals surface area contributed by atoms with Crippen LogP contribution in [0.4, 0.5) is 5.69 Å². The van der Waals surface area contributed by atoms with Crippen LogP contribution in [0.1, 0.15) is 49.4 Å². The number of amides is 1. The lowest BCUT2D eigenvalue weighted by atomic mass is 9.99. The molecule has 2 aromatic rings. The molecule has 2 aliphatic heterocycles. The molecule has 35 heavy (non-hydrogen) atoms. The van der Waals surface area contributed by atoms with Gasteiger partial charge in [-0.2, -0.15) is 5.26 Å². The maximum atomic E-state index is 13.1. The van der Waals surface area contributed by atoms with E-state index in [1.807, 2.05) is 32.9 Å². The molecule has 0 saturated carbocycles. The van der Waals surface area contributed by atoms with E-state index in [1.54, 1.807) is 30.3 Å². The number of pyridine rings is 1. The Bertz CT molecular complexity index is 1170. The molecule has 8 nitrogen and oxygen atoms in total. The fourth-order valence-corrected chi connectivity index (χ4v) is 4.17. The first-order chi connectivity index (χ1) is 17.0. The Morgan fingerprint density at radius 1 is 1.37 bits per heavy atom. The van der Waals surface area contributed by atoms with Gasteiger partial charge in [-0.25, -0.2) is 9.98 Å². The fourth-order valence-electron chi connectivity index (χ4n) is 3.98. The van der Waals surface area contributed by atoms with E-state index in [4.69, 9.17) is 21.3 Å². The second kappa shape index (κ2) is 12.4. The highest BCUT2D eigenvalue weighted by molar-refractivity contribution is 6.30. The van der Waals surface area contributed by atoms with Crippen LogP contribution in [-0.4, -0.2) is 55.4 Å². The second-order valence-corrected chi connectivity index (χ2v) is 8.26. The molecule has 0 atom stereocenters. The lowest BCUT2D eigenvalue weighted by Gasteiger charge is -2.27. The van der Waals surface area contributed by atoms with E-state index in [-0.39, 0.29) is 18.4 Å². The molecule has 4 rings (SSSR count). The molecule has 0 bridgehead atoms. The van der Waals surface area contributed by atoms with E-state index < -0.39 is 0 Å². The maximum absolute atomic E-state index is 13.1. The van der Waals surface area contributed by atoms with Crippen molar-refractivity contribution >= 4 is 34.9 Å². The van der Waals surface area contributed by atoms with Crippen molar-refractivity contribution in [3.63, 3.8) is 0 Å². The van der Waals surface area contributed by atoms with Gasteiger partial charge in [0.25, 0.3) is 0 Å². The van der Waals surface area contributed by atoms with Crippen molar-refractivity contribution in [3.05, 3.63) is 57.9 Å². The molecule has 1 aromatic carbocycles. The van der Waals surface area contributed by atoms with Gasteiger partial charge in [-0.05, 0) is 47.7 Å². The topological polar surface area (TPSA) is 103 Å². The zero-order chi connectivity index (χ0) is 25.4. The summed E-state index contributed by atoms with van der Waals surface area (Å²) in [6.45, 7) is 7.82. The van der Waals surface area contributed by atoms with Crippen molar-refractivity contribution in [2.75, 3.05) is 31.7 Å². The number of guanidine groups is 1. The van der Waals surface area contributed by atoms with Crippen molar-refractivity contribution in [2.24, 2.45) is 9.98 Å². The van der Waals surface area contributed by atoms with Crippen LogP contribution in [-0.2, 0) is 22.4 Å². The van der Waals surface area contributed by atoms with Gasteiger partial charge in [-0.1, -0.05) is 38.4 Å². The van der Waals surface area contributed by atoms with Gasteiger partial charge in [0.2, 0.25) is 11.9 Å². The predicted octanol–water partition coefficient (Wildman–Crippen LogP) is 3.94. The summed E-state index contributed by atoms with van der Waals surface area (Å²) < 4.78 is 5.21. The number of halogens is 1. The highest BCUT2D eigenvalue weighted by Crippen LogP contribution is 2.34. The van der Waals surface area contributed by atoms with E-state index in [1.165, 1.54) is 0 Å². The average molecular weight is 495 g/mol. The first-order valence-electron chi connectivity index (χ1n) is 11.9. The Morgan fingerprint density at radius 2 is 2.14 bits per heavy atom. The fraction of sp³-hybridized carbons (Fsp3) is 0.423. The Hall–Kier alpha value is -3.28. The summed E-state index contributed by atoms with van der Waals surface area (Å²) in [4.78, 5) is 27.8. The number of carbonyl (C=O) groups excluding carboxylic acids is 1. The summed E-state index contributed by atoms with van der Waals surface area (Å²) in [6, 6.07) is 9.88. The number of ether oxygens (including phenoxy) is 1. The molecule has 184 valence electrons. The molecule has 9 heteroatoms. The first-order valence-corrected chi connectivity index (χ1v) is 12.3. The van der Waals surface area contributed by atoms with Gasteiger partial charge < -0.3 is 15.0 Å². The number of hydrogen-bond acceptors (Lipinski definition) is 5. The van der Waals surface area contributed by atoms with Gasteiger partial charge in [0.15, 0.2) is 0 Å². The SMILES string of the molecule is CC.CC/C(=N\C(=NC)NC1COC1)c1cc(C#N)c2c(c1)CCN2C(=O)Cc1cccnc1Cl. The van der Waals surface area contributed by atoms with Crippen molar-refractivity contribution in [1.29, 1.82) is 5.26 Å². The minimum Gasteiger partial charge on any atom is -0.377 e. The zero-order valence-corrected chi connectivity index (χ0v) is 21.4. The Balaban J connectivity index is 0.00000167. The third-order valence-corrected chi connectivity index (χ3v) is 6.10. The van der Waals surface area contributed by atoms with Crippen LogP contribution in [0.25, 0.3) is 0 Å². The second-order valence-electron chi connectivity index (χ2n) is 7.91. The highest BCUT2D eigenvalue weighted by atomic mass is 35.5. The number of nitrogens with one attached hydrogen (secondary N) is 1. The van der Waals surface area contributed by atoms with Crippen LogP contribution in [0, 0.1) is 11.3 Å². The molecule has 1 saturated heterocycles. The largest absolute Gasteiger partial charge is 0.377 e. The van der Waals surface area contributed by atoms with Gasteiger partial charge in [0.1, 0.15) is 11.2 Å². The number of nitriles is 1. The summed E-state index contributed by atoms with van der Waals surface area (Å²) in [7, 11) is 1.69. The molecule has 0 unspecified atom stereocenters. The maximum Gasteiger partial charge on any atom is 0.231 e. The normalized spacial score (nSPS) is 15.5. The smallest absolute Gasteiger partial charge is 0.231 e. The summed E-state index contributed by atoms with van der Waals surface area (Å²) in [6.07, 6.45) is 3.07. The van der Waals surface area contributed by atoms with Crippen molar-refractivity contribution in [2.45, 2.75) is 46.1 Å². The third kappa shape index (κ3) is 6.05. The zero-order valence-electron chi connectivity index (χ0n) is 20.6. The highest BCUT2D eigenvalue weighted by Gasteiger charge is 2.29. The molecule has 1 N–H and O–H groups in total. The average Bonchev–Trinajstić information content (AvgIpc) is 3.29. The minimum absolute atomic E-state index is 0.107. The molecular weight excluding hydrogens is 464 g/mol. The van der Waals surface area contributed by atoms with Crippen LogP contribution >= 0.6 is 11.6 Å². The Kier molecular flexibility index (Phi) is 9.35. The Labute approximate surface area is 211 Å². The molecule has 2 aliphatic rings. The molecule has 1 aromatic heterocycles. The summed E-state index contributed by atoms with van der Waals surface area (Å²) in [5.41, 5.74) is 4.47. The molecule has 0 aliphatic carbocycles. The Morgan fingerprint density at radius 3 is 2.74 bits per heavy atom. The lowest BCUT2D eigenvalue weighted by molar-refractivity contribution is -0.117. The molecular formula is C26H31ClN6O2. The number of anilines is 1. The molecule has 3 heterocycles. The lowest BCUT2D eigenvalue weighted by Crippen LogP contribution is -2.48. The van der Waals surface area contributed by atoms with Gasteiger partial charge in [-0.3, -0.25) is 9.79 Å².